The van der Waals surface area contributed by atoms with Crippen LogP contribution in [0.3, 0.4) is 0 Å². The van der Waals surface area contributed by atoms with E-state index in [4.69, 9.17) is 9.47 Å². The molecule has 0 bridgehead atoms. The SMILES string of the molecule is C1Cc2c(c(CN3CCOCC3)c3c(c2CN2CCOCC2)CCC3)C1. The summed E-state index contributed by atoms with van der Waals surface area (Å²) in [7, 11) is 0. The Balaban J connectivity index is 1.49. The van der Waals surface area contributed by atoms with Crippen molar-refractivity contribution in [1.29, 1.82) is 0 Å². The maximum absolute atomic E-state index is 5.57. The average molecular weight is 357 g/mol. The van der Waals surface area contributed by atoms with Gasteiger partial charge in [-0.25, -0.2) is 0 Å². The molecule has 0 saturated carbocycles. The molecule has 0 atom stereocenters. The molecule has 1 aromatic rings. The van der Waals surface area contributed by atoms with Crippen molar-refractivity contribution in [3.05, 3.63) is 33.4 Å². The van der Waals surface area contributed by atoms with Crippen molar-refractivity contribution >= 4 is 0 Å². The molecule has 4 heteroatoms. The molecule has 0 radical (unpaired) electrons. The average Bonchev–Trinajstić information content (AvgIpc) is 3.36. The Morgan fingerprint density at radius 1 is 0.538 bits per heavy atom. The second kappa shape index (κ2) is 7.59. The van der Waals surface area contributed by atoms with Crippen molar-refractivity contribution in [2.45, 2.75) is 51.6 Å². The van der Waals surface area contributed by atoms with Gasteiger partial charge in [0, 0.05) is 39.3 Å². The van der Waals surface area contributed by atoms with E-state index < -0.39 is 0 Å². The molecule has 5 rings (SSSR count). The van der Waals surface area contributed by atoms with Gasteiger partial charge in [-0.15, -0.1) is 0 Å². The smallest absolute Gasteiger partial charge is 0.0594 e. The number of nitrogens with zero attached hydrogens (tertiary/aromatic N) is 2. The van der Waals surface area contributed by atoms with Crippen molar-refractivity contribution in [3.8, 4) is 0 Å². The molecule has 0 N–H and O–H groups in total. The lowest BCUT2D eigenvalue weighted by Gasteiger charge is -2.31. The van der Waals surface area contributed by atoms with Crippen LogP contribution in [0.1, 0.15) is 46.2 Å². The Bertz CT molecular complexity index is 571. The fraction of sp³-hybridized carbons (Fsp3) is 0.727. The molecule has 142 valence electrons. The summed E-state index contributed by atoms with van der Waals surface area (Å²) in [6.07, 6.45) is 7.92. The summed E-state index contributed by atoms with van der Waals surface area (Å²) < 4.78 is 11.1. The fourth-order valence-corrected chi connectivity index (χ4v) is 5.53. The van der Waals surface area contributed by atoms with Crippen LogP contribution < -0.4 is 0 Å². The highest BCUT2D eigenvalue weighted by molar-refractivity contribution is 5.55. The lowest BCUT2D eigenvalue weighted by molar-refractivity contribution is 0.0334. The lowest BCUT2D eigenvalue weighted by Crippen LogP contribution is -2.37. The standard InChI is InChI=1S/C22H32N2O2/c1-3-17-18(4-1)22(16-24-9-13-26-14-10-24)20-6-2-5-19(20)21(17)15-23-7-11-25-12-8-23/h1-16H2. The lowest BCUT2D eigenvalue weighted by atomic mass is 9.88. The van der Waals surface area contributed by atoms with E-state index in [1.807, 2.05) is 0 Å². The molecular weight excluding hydrogens is 324 g/mol. The molecule has 4 aliphatic rings. The first-order chi connectivity index (χ1) is 12.9. The molecule has 2 fully saturated rings. The van der Waals surface area contributed by atoms with E-state index in [1.54, 1.807) is 33.4 Å². The highest BCUT2D eigenvalue weighted by atomic mass is 16.5. The van der Waals surface area contributed by atoms with Gasteiger partial charge in [0.1, 0.15) is 0 Å². The maximum atomic E-state index is 5.57. The summed E-state index contributed by atoms with van der Waals surface area (Å²) in [6, 6.07) is 0. The summed E-state index contributed by atoms with van der Waals surface area (Å²) in [5.74, 6) is 0. The van der Waals surface area contributed by atoms with Gasteiger partial charge in [0.25, 0.3) is 0 Å². The molecule has 2 saturated heterocycles. The van der Waals surface area contributed by atoms with Crippen LogP contribution in [0.2, 0.25) is 0 Å². The van der Waals surface area contributed by atoms with Crippen LogP contribution in [-0.4, -0.2) is 62.4 Å². The minimum atomic E-state index is 0.902. The molecule has 2 aliphatic carbocycles. The predicted molar refractivity (Wildman–Crippen MR) is 103 cm³/mol. The largest absolute Gasteiger partial charge is 0.379 e. The molecule has 0 spiro atoms. The Kier molecular flexibility index (Phi) is 5.01. The van der Waals surface area contributed by atoms with Gasteiger partial charge in [-0.05, 0) is 71.9 Å². The number of hydrogen-bond donors (Lipinski definition) is 0. The van der Waals surface area contributed by atoms with Crippen molar-refractivity contribution in [2.24, 2.45) is 0 Å². The van der Waals surface area contributed by atoms with E-state index in [9.17, 15) is 0 Å². The van der Waals surface area contributed by atoms with Crippen LogP contribution in [0.15, 0.2) is 0 Å². The van der Waals surface area contributed by atoms with Crippen LogP contribution in [0.25, 0.3) is 0 Å². The Labute approximate surface area is 157 Å². The fourth-order valence-electron chi connectivity index (χ4n) is 5.53. The number of hydrogen-bond acceptors (Lipinski definition) is 4. The first-order valence-corrected chi connectivity index (χ1v) is 10.7. The summed E-state index contributed by atoms with van der Waals surface area (Å²) in [4.78, 5) is 5.25. The van der Waals surface area contributed by atoms with Crippen molar-refractivity contribution in [3.63, 3.8) is 0 Å². The quantitative estimate of drug-likeness (QED) is 0.827. The Hall–Kier alpha value is -0.940. The first-order valence-electron chi connectivity index (χ1n) is 10.7. The van der Waals surface area contributed by atoms with E-state index in [-0.39, 0.29) is 0 Å². The third kappa shape index (κ3) is 3.22. The molecule has 2 aliphatic heterocycles. The number of rotatable bonds is 4. The van der Waals surface area contributed by atoms with Gasteiger partial charge < -0.3 is 9.47 Å². The van der Waals surface area contributed by atoms with Crippen LogP contribution >= 0.6 is 0 Å². The topological polar surface area (TPSA) is 24.9 Å². The van der Waals surface area contributed by atoms with Crippen LogP contribution in [0.5, 0.6) is 0 Å². The molecule has 1 aromatic carbocycles. The van der Waals surface area contributed by atoms with Gasteiger partial charge in [0.05, 0.1) is 26.4 Å². The van der Waals surface area contributed by atoms with Gasteiger partial charge in [0.15, 0.2) is 0 Å². The third-order valence-electron chi connectivity index (χ3n) is 6.86. The molecule has 0 aromatic heterocycles. The van der Waals surface area contributed by atoms with Gasteiger partial charge >= 0.3 is 0 Å². The van der Waals surface area contributed by atoms with Crippen LogP contribution in [-0.2, 0) is 48.2 Å². The van der Waals surface area contributed by atoms with Gasteiger partial charge in [-0.3, -0.25) is 9.80 Å². The zero-order chi connectivity index (χ0) is 17.3. The number of fused-ring (bicyclic) bond motifs is 2. The highest BCUT2D eigenvalue weighted by Gasteiger charge is 2.30. The van der Waals surface area contributed by atoms with E-state index in [0.717, 1.165) is 65.7 Å². The number of benzene rings is 1. The van der Waals surface area contributed by atoms with E-state index in [2.05, 4.69) is 9.80 Å². The predicted octanol–water partition coefficient (Wildman–Crippen LogP) is 2.33. The maximum Gasteiger partial charge on any atom is 0.0594 e. The normalized spacial score (nSPS) is 24.0. The second-order valence-corrected chi connectivity index (χ2v) is 8.36. The van der Waals surface area contributed by atoms with E-state index in [0.29, 0.717) is 0 Å². The highest BCUT2D eigenvalue weighted by Crippen LogP contribution is 2.40. The first kappa shape index (κ1) is 17.2. The van der Waals surface area contributed by atoms with Crippen molar-refractivity contribution in [2.75, 3.05) is 52.6 Å². The van der Waals surface area contributed by atoms with Crippen molar-refractivity contribution in [1.82, 2.24) is 9.80 Å². The monoisotopic (exact) mass is 356 g/mol. The zero-order valence-corrected chi connectivity index (χ0v) is 16.0. The Morgan fingerprint density at radius 3 is 1.23 bits per heavy atom. The summed E-state index contributed by atoms with van der Waals surface area (Å²) >= 11 is 0. The van der Waals surface area contributed by atoms with E-state index in [1.165, 1.54) is 38.5 Å². The van der Waals surface area contributed by atoms with E-state index >= 15 is 0 Å². The van der Waals surface area contributed by atoms with Gasteiger partial charge in [-0.1, -0.05) is 0 Å². The molecular formula is C22H32N2O2. The molecule has 4 nitrogen and oxygen atoms in total. The van der Waals surface area contributed by atoms with Gasteiger partial charge in [0.2, 0.25) is 0 Å². The molecule has 2 heterocycles. The third-order valence-corrected chi connectivity index (χ3v) is 6.86. The van der Waals surface area contributed by atoms with Crippen LogP contribution in [0.4, 0.5) is 0 Å². The zero-order valence-electron chi connectivity index (χ0n) is 16.0. The second-order valence-electron chi connectivity index (χ2n) is 8.36. The summed E-state index contributed by atoms with van der Waals surface area (Å²) in [5, 5.41) is 0. The van der Waals surface area contributed by atoms with Crippen molar-refractivity contribution < 1.29 is 9.47 Å². The molecule has 0 amide bonds. The van der Waals surface area contributed by atoms with Gasteiger partial charge in [-0.2, -0.15) is 0 Å². The molecule has 26 heavy (non-hydrogen) atoms. The minimum absolute atomic E-state index is 0.902. The Morgan fingerprint density at radius 2 is 0.885 bits per heavy atom. The number of ether oxygens (including phenoxy) is 2. The van der Waals surface area contributed by atoms with Crippen LogP contribution in [0, 0.1) is 0 Å². The summed E-state index contributed by atoms with van der Waals surface area (Å²) in [5.41, 5.74) is 10.4. The number of morpholine rings is 2. The summed E-state index contributed by atoms with van der Waals surface area (Å²) in [6.45, 7) is 10.3. The minimum Gasteiger partial charge on any atom is -0.379 e. The molecule has 0 unspecified atom stereocenters.